The minimum Gasteiger partial charge on any atom is -0.456 e. The van der Waals surface area contributed by atoms with Gasteiger partial charge in [-0.3, -0.25) is 9.69 Å². The molecule has 1 atom stereocenters. The predicted octanol–water partition coefficient (Wildman–Crippen LogP) is 5.63. The lowest BCUT2D eigenvalue weighted by molar-refractivity contribution is -0.153. The molecule has 1 unspecified atom stereocenters. The van der Waals surface area contributed by atoms with Crippen molar-refractivity contribution in [3.05, 3.63) is 46.4 Å². The van der Waals surface area contributed by atoms with Crippen LogP contribution >= 0.6 is 0 Å². The lowest BCUT2D eigenvalue weighted by atomic mass is 9.99. The number of rotatable bonds is 3. The minimum atomic E-state index is -4.80. The molecule has 0 aliphatic carbocycles. The van der Waals surface area contributed by atoms with Crippen LogP contribution < -0.4 is 9.80 Å². The van der Waals surface area contributed by atoms with Gasteiger partial charge in [0.2, 0.25) is 5.76 Å². The summed E-state index contributed by atoms with van der Waals surface area (Å²) >= 11 is 0. The van der Waals surface area contributed by atoms with E-state index in [0.29, 0.717) is 17.8 Å². The second kappa shape index (κ2) is 8.28. The standard InChI is InChI=1S/C22H25F3N2O4/c1-6-15-11-26(20(28)16-10-14(5)31-19(16)22(23,24)25)17-8-12(3)13(4)9-18(17)27(15)21(29)30-7-2/h8-10,15H,6-7,11H2,1-5H3. The molecule has 2 aromatic rings. The number of nitrogens with zero attached hydrogens (tertiary/aromatic N) is 2. The Bertz CT molecular complexity index is 1010. The van der Waals surface area contributed by atoms with E-state index in [1.165, 1.54) is 16.7 Å². The molecule has 1 aliphatic heterocycles. The van der Waals surface area contributed by atoms with Gasteiger partial charge < -0.3 is 14.1 Å². The SMILES string of the molecule is CCOC(=O)N1c2cc(C)c(C)cc2N(C(=O)c2cc(C)oc2C(F)(F)F)CC1CC. The number of benzene rings is 1. The van der Waals surface area contributed by atoms with Crippen LogP contribution in [0.5, 0.6) is 0 Å². The fourth-order valence-corrected chi connectivity index (χ4v) is 3.76. The number of amides is 2. The van der Waals surface area contributed by atoms with Gasteiger partial charge in [0.15, 0.2) is 0 Å². The second-order valence-corrected chi connectivity index (χ2v) is 7.57. The van der Waals surface area contributed by atoms with Crippen molar-refractivity contribution in [3.63, 3.8) is 0 Å². The summed E-state index contributed by atoms with van der Waals surface area (Å²) in [6.07, 6.45) is -4.88. The van der Waals surface area contributed by atoms with E-state index in [1.54, 1.807) is 19.1 Å². The van der Waals surface area contributed by atoms with Crippen molar-refractivity contribution in [2.24, 2.45) is 0 Å². The second-order valence-electron chi connectivity index (χ2n) is 7.57. The van der Waals surface area contributed by atoms with Gasteiger partial charge in [-0.15, -0.1) is 0 Å². The summed E-state index contributed by atoms with van der Waals surface area (Å²) in [4.78, 5) is 28.8. The summed E-state index contributed by atoms with van der Waals surface area (Å²) in [6, 6.07) is 4.11. The molecular formula is C22H25F3N2O4. The first-order chi connectivity index (χ1) is 14.5. The van der Waals surface area contributed by atoms with Crippen molar-refractivity contribution in [1.29, 1.82) is 0 Å². The van der Waals surface area contributed by atoms with Crippen molar-refractivity contribution in [1.82, 2.24) is 0 Å². The maximum Gasteiger partial charge on any atom is 0.450 e. The Morgan fingerprint density at radius 2 is 1.71 bits per heavy atom. The highest BCUT2D eigenvalue weighted by Crippen LogP contribution is 2.41. The van der Waals surface area contributed by atoms with Crippen LogP contribution in [0.2, 0.25) is 0 Å². The fraction of sp³-hybridized carbons (Fsp3) is 0.455. The van der Waals surface area contributed by atoms with Gasteiger partial charge in [0.25, 0.3) is 5.91 Å². The molecule has 6 nitrogen and oxygen atoms in total. The number of hydrogen-bond donors (Lipinski definition) is 0. The Hall–Kier alpha value is -2.97. The third-order valence-corrected chi connectivity index (χ3v) is 5.42. The summed E-state index contributed by atoms with van der Waals surface area (Å²) in [5.41, 5.74) is 1.97. The van der Waals surface area contributed by atoms with Gasteiger partial charge in [0, 0.05) is 6.54 Å². The number of carbonyl (C=O) groups is 2. The van der Waals surface area contributed by atoms with Gasteiger partial charge in [-0.25, -0.2) is 4.79 Å². The Kier molecular flexibility index (Phi) is 6.07. The van der Waals surface area contributed by atoms with Crippen molar-refractivity contribution >= 4 is 23.4 Å². The number of anilines is 2. The van der Waals surface area contributed by atoms with E-state index in [-0.39, 0.29) is 18.9 Å². The first-order valence-corrected chi connectivity index (χ1v) is 10.1. The van der Waals surface area contributed by atoms with Crippen molar-refractivity contribution < 1.29 is 31.9 Å². The third kappa shape index (κ3) is 4.13. The van der Waals surface area contributed by atoms with Gasteiger partial charge >= 0.3 is 12.3 Å². The molecule has 0 fully saturated rings. The monoisotopic (exact) mass is 438 g/mol. The van der Waals surface area contributed by atoms with Crippen LogP contribution in [0.25, 0.3) is 0 Å². The summed E-state index contributed by atoms with van der Waals surface area (Å²) in [7, 11) is 0. The number of carbonyl (C=O) groups excluding carboxylic acids is 2. The number of furan rings is 1. The smallest absolute Gasteiger partial charge is 0.450 e. The molecule has 0 bridgehead atoms. The van der Waals surface area contributed by atoms with Crippen LogP contribution in [0.3, 0.4) is 0 Å². The Balaban J connectivity index is 2.16. The van der Waals surface area contributed by atoms with Crippen LogP contribution in [0.1, 0.15) is 53.3 Å². The summed E-state index contributed by atoms with van der Waals surface area (Å²) in [6.45, 7) is 8.81. The Labute approximate surface area is 178 Å². The summed E-state index contributed by atoms with van der Waals surface area (Å²) < 4.78 is 50.4. The van der Waals surface area contributed by atoms with E-state index in [2.05, 4.69) is 0 Å². The van der Waals surface area contributed by atoms with Gasteiger partial charge in [-0.05, 0) is 63.4 Å². The van der Waals surface area contributed by atoms with E-state index in [1.807, 2.05) is 20.8 Å². The van der Waals surface area contributed by atoms with Crippen molar-refractivity contribution in [2.45, 2.75) is 53.3 Å². The maximum absolute atomic E-state index is 13.5. The van der Waals surface area contributed by atoms with Crippen molar-refractivity contribution in [2.75, 3.05) is 23.0 Å². The van der Waals surface area contributed by atoms with Crippen LogP contribution in [0.4, 0.5) is 29.3 Å². The Morgan fingerprint density at radius 3 is 2.26 bits per heavy atom. The van der Waals surface area contributed by atoms with Gasteiger partial charge in [-0.1, -0.05) is 6.92 Å². The molecule has 0 saturated heterocycles. The van der Waals surface area contributed by atoms with Gasteiger partial charge in [0.1, 0.15) is 5.76 Å². The highest BCUT2D eigenvalue weighted by atomic mass is 19.4. The largest absolute Gasteiger partial charge is 0.456 e. The van der Waals surface area contributed by atoms with Crippen LogP contribution in [0.15, 0.2) is 22.6 Å². The Morgan fingerprint density at radius 1 is 1.10 bits per heavy atom. The molecule has 168 valence electrons. The van der Waals surface area contributed by atoms with Crippen LogP contribution in [-0.4, -0.2) is 31.2 Å². The molecule has 0 radical (unpaired) electrons. The maximum atomic E-state index is 13.5. The molecule has 2 amide bonds. The predicted molar refractivity (Wildman–Crippen MR) is 110 cm³/mol. The van der Waals surface area contributed by atoms with E-state index < -0.39 is 35.5 Å². The first kappa shape index (κ1) is 22.7. The topological polar surface area (TPSA) is 63.0 Å². The minimum absolute atomic E-state index is 0.00631. The van der Waals surface area contributed by atoms with Crippen LogP contribution in [0, 0.1) is 20.8 Å². The van der Waals surface area contributed by atoms with E-state index in [9.17, 15) is 22.8 Å². The van der Waals surface area contributed by atoms with E-state index in [0.717, 1.165) is 17.2 Å². The molecular weight excluding hydrogens is 413 g/mol. The number of aryl methyl sites for hydroxylation is 3. The highest BCUT2D eigenvalue weighted by molar-refractivity contribution is 6.11. The molecule has 0 saturated carbocycles. The van der Waals surface area contributed by atoms with Gasteiger partial charge in [0.05, 0.1) is 29.6 Å². The summed E-state index contributed by atoms with van der Waals surface area (Å²) in [5.74, 6) is -2.15. The zero-order valence-corrected chi connectivity index (χ0v) is 18.1. The fourth-order valence-electron chi connectivity index (χ4n) is 3.76. The molecule has 9 heteroatoms. The third-order valence-electron chi connectivity index (χ3n) is 5.42. The molecule has 2 heterocycles. The number of hydrogen-bond acceptors (Lipinski definition) is 4. The molecule has 1 aromatic carbocycles. The quantitative estimate of drug-likeness (QED) is 0.624. The number of alkyl halides is 3. The first-order valence-electron chi connectivity index (χ1n) is 10.1. The van der Waals surface area contributed by atoms with E-state index >= 15 is 0 Å². The normalized spacial score (nSPS) is 16.3. The number of fused-ring (bicyclic) bond motifs is 1. The van der Waals surface area contributed by atoms with Crippen LogP contribution in [-0.2, 0) is 10.9 Å². The van der Waals surface area contributed by atoms with E-state index in [4.69, 9.17) is 9.15 Å². The average Bonchev–Trinajstić information content (AvgIpc) is 3.09. The zero-order valence-electron chi connectivity index (χ0n) is 18.1. The zero-order chi connectivity index (χ0) is 23.1. The molecule has 0 N–H and O–H groups in total. The summed E-state index contributed by atoms with van der Waals surface area (Å²) in [5, 5.41) is 0. The van der Waals surface area contributed by atoms with Crippen molar-refractivity contribution in [3.8, 4) is 0 Å². The molecule has 1 aromatic heterocycles. The highest BCUT2D eigenvalue weighted by Gasteiger charge is 2.43. The lowest BCUT2D eigenvalue weighted by Gasteiger charge is -2.42. The molecule has 31 heavy (non-hydrogen) atoms. The number of halogens is 3. The average molecular weight is 438 g/mol. The number of ether oxygens (including phenoxy) is 1. The lowest BCUT2D eigenvalue weighted by Crippen LogP contribution is -2.53. The van der Waals surface area contributed by atoms with Gasteiger partial charge in [-0.2, -0.15) is 13.2 Å². The molecule has 3 rings (SSSR count). The molecule has 0 spiro atoms. The molecule has 1 aliphatic rings.